The van der Waals surface area contributed by atoms with Crippen LogP contribution >= 0.6 is 0 Å². The predicted octanol–water partition coefficient (Wildman–Crippen LogP) is 1.15. The van der Waals surface area contributed by atoms with Crippen LogP contribution in [0.25, 0.3) is 0 Å². The first-order chi connectivity index (χ1) is 14.9. The van der Waals surface area contributed by atoms with Crippen molar-refractivity contribution in [2.45, 2.75) is 32.9 Å². The van der Waals surface area contributed by atoms with Crippen molar-refractivity contribution in [1.29, 1.82) is 0 Å². The Morgan fingerprint density at radius 2 is 1.58 bits per heavy atom. The van der Waals surface area contributed by atoms with Gasteiger partial charge in [0, 0.05) is 39.3 Å². The average Bonchev–Trinajstić information content (AvgIpc) is 2.76. The maximum Gasteiger partial charge on any atom is 0.325 e. The molecule has 1 aromatic carbocycles. The average molecular weight is 432 g/mol. The molecule has 0 radical (unpaired) electrons. The molecule has 0 saturated carbocycles. The third-order valence-corrected chi connectivity index (χ3v) is 6.22. The highest BCUT2D eigenvalue weighted by molar-refractivity contribution is 6.05. The second-order valence-electron chi connectivity index (χ2n) is 8.20. The zero-order chi connectivity index (χ0) is 22.4. The molecule has 0 bridgehead atoms. The molecule has 2 fully saturated rings. The van der Waals surface area contributed by atoms with Crippen LogP contribution in [0.4, 0.5) is 0 Å². The van der Waals surface area contributed by atoms with Crippen molar-refractivity contribution < 1.29 is 23.9 Å². The number of amides is 1. The molecule has 8 heteroatoms. The van der Waals surface area contributed by atoms with E-state index in [-0.39, 0.29) is 32.1 Å². The van der Waals surface area contributed by atoms with Gasteiger partial charge in [0.2, 0.25) is 5.91 Å². The summed E-state index contributed by atoms with van der Waals surface area (Å²) in [6.07, 6.45) is -0.242. The van der Waals surface area contributed by atoms with Crippen LogP contribution in [0.2, 0.25) is 0 Å². The van der Waals surface area contributed by atoms with Gasteiger partial charge in [-0.3, -0.25) is 19.3 Å². The highest BCUT2D eigenvalue weighted by atomic mass is 16.6. The highest BCUT2D eigenvalue weighted by Gasteiger charge is 2.61. The van der Waals surface area contributed by atoms with Gasteiger partial charge in [0.25, 0.3) is 0 Å². The standard InChI is InChI=1S/C23H33N3O5/c1-4-30-21(28)23(22(29)31-5-2)15-20(27)26(16-18-9-7-6-8-10-18)17-19(23)25-13-11-24(3)12-14-25/h6-10,19H,4-5,11-17H2,1-3H3. The summed E-state index contributed by atoms with van der Waals surface area (Å²) in [5.74, 6) is -1.56. The van der Waals surface area contributed by atoms with E-state index >= 15 is 0 Å². The molecule has 1 amide bonds. The van der Waals surface area contributed by atoms with E-state index in [0.29, 0.717) is 19.6 Å². The lowest BCUT2D eigenvalue weighted by Crippen LogP contribution is -2.68. The van der Waals surface area contributed by atoms with Gasteiger partial charge in [-0.1, -0.05) is 30.3 Å². The molecule has 2 aliphatic heterocycles. The van der Waals surface area contributed by atoms with Gasteiger partial charge in [0.15, 0.2) is 5.41 Å². The zero-order valence-corrected chi connectivity index (χ0v) is 18.7. The van der Waals surface area contributed by atoms with E-state index in [2.05, 4.69) is 9.80 Å². The summed E-state index contributed by atoms with van der Waals surface area (Å²) in [5.41, 5.74) is -0.639. The first-order valence-electron chi connectivity index (χ1n) is 11.0. The number of piperidine rings is 1. The van der Waals surface area contributed by atoms with Crippen LogP contribution in [0, 0.1) is 5.41 Å². The van der Waals surface area contributed by atoms with Crippen molar-refractivity contribution >= 4 is 17.8 Å². The maximum atomic E-state index is 13.2. The summed E-state index contributed by atoms with van der Waals surface area (Å²) in [7, 11) is 2.05. The number of hydrogen-bond donors (Lipinski definition) is 0. The summed E-state index contributed by atoms with van der Waals surface area (Å²) < 4.78 is 10.7. The van der Waals surface area contributed by atoms with Gasteiger partial charge in [-0.15, -0.1) is 0 Å². The zero-order valence-electron chi connectivity index (χ0n) is 18.7. The molecule has 1 atom stereocenters. The Morgan fingerprint density at radius 1 is 1.00 bits per heavy atom. The normalized spacial score (nSPS) is 22.2. The van der Waals surface area contributed by atoms with E-state index in [1.807, 2.05) is 37.4 Å². The second kappa shape index (κ2) is 10.2. The highest BCUT2D eigenvalue weighted by Crippen LogP contribution is 2.39. The van der Waals surface area contributed by atoms with E-state index in [1.54, 1.807) is 18.7 Å². The fourth-order valence-electron chi connectivity index (χ4n) is 4.47. The monoisotopic (exact) mass is 431 g/mol. The molecule has 1 unspecified atom stereocenters. The summed E-state index contributed by atoms with van der Waals surface area (Å²) in [5, 5.41) is 0. The summed E-state index contributed by atoms with van der Waals surface area (Å²) >= 11 is 0. The molecule has 0 spiro atoms. The fraction of sp³-hybridized carbons (Fsp3) is 0.609. The molecule has 0 aliphatic carbocycles. The van der Waals surface area contributed by atoms with Crippen LogP contribution in [0.5, 0.6) is 0 Å². The Hall–Kier alpha value is -2.45. The van der Waals surface area contributed by atoms with Crippen molar-refractivity contribution in [2.75, 3.05) is 53.0 Å². The number of likely N-dealkylation sites (tertiary alicyclic amines) is 1. The lowest BCUT2D eigenvalue weighted by atomic mass is 9.72. The molecule has 2 heterocycles. The first-order valence-corrected chi connectivity index (χ1v) is 11.0. The Kier molecular flexibility index (Phi) is 7.67. The molecular weight excluding hydrogens is 398 g/mol. The van der Waals surface area contributed by atoms with Crippen LogP contribution in [-0.2, 0) is 30.4 Å². The minimum Gasteiger partial charge on any atom is -0.465 e. The summed E-state index contributed by atoms with van der Waals surface area (Å²) in [6.45, 7) is 7.44. The molecular formula is C23H33N3O5. The molecule has 31 heavy (non-hydrogen) atoms. The maximum absolute atomic E-state index is 13.2. The van der Waals surface area contributed by atoms with E-state index in [1.165, 1.54) is 0 Å². The van der Waals surface area contributed by atoms with E-state index in [4.69, 9.17) is 9.47 Å². The Balaban J connectivity index is 1.97. The smallest absolute Gasteiger partial charge is 0.325 e. The van der Waals surface area contributed by atoms with Gasteiger partial charge >= 0.3 is 11.9 Å². The number of carbonyl (C=O) groups is 3. The van der Waals surface area contributed by atoms with Gasteiger partial charge in [0.05, 0.1) is 25.7 Å². The number of rotatable bonds is 7. The third kappa shape index (κ3) is 4.91. The number of likely N-dealkylation sites (N-methyl/N-ethyl adjacent to an activating group) is 1. The van der Waals surface area contributed by atoms with Crippen LogP contribution < -0.4 is 0 Å². The number of carbonyl (C=O) groups excluding carboxylic acids is 3. The molecule has 2 saturated heterocycles. The Labute approximate surface area is 184 Å². The van der Waals surface area contributed by atoms with Crippen LogP contribution in [0.1, 0.15) is 25.8 Å². The minimum absolute atomic E-state index is 0.136. The molecule has 3 rings (SSSR count). The van der Waals surface area contributed by atoms with Crippen molar-refractivity contribution in [1.82, 2.24) is 14.7 Å². The topological polar surface area (TPSA) is 79.4 Å². The number of ether oxygens (including phenoxy) is 2. The van der Waals surface area contributed by atoms with Crippen molar-refractivity contribution in [2.24, 2.45) is 5.41 Å². The number of benzene rings is 1. The lowest BCUT2D eigenvalue weighted by molar-refractivity contribution is -0.187. The van der Waals surface area contributed by atoms with Crippen molar-refractivity contribution in [3.8, 4) is 0 Å². The van der Waals surface area contributed by atoms with Gasteiger partial charge in [-0.05, 0) is 26.5 Å². The number of piperazine rings is 1. The Morgan fingerprint density at radius 3 is 2.13 bits per heavy atom. The number of esters is 2. The van der Waals surface area contributed by atoms with Crippen LogP contribution in [0.3, 0.4) is 0 Å². The lowest BCUT2D eigenvalue weighted by Gasteiger charge is -2.49. The van der Waals surface area contributed by atoms with Crippen molar-refractivity contribution in [3.63, 3.8) is 0 Å². The molecule has 0 aromatic heterocycles. The molecule has 8 nitrogen and oxygen atoms in total. The summed E-state index contributed by atoms with van der Waals surface area (Å²) in [4.78, 5) is 45.8. The largest absolute Gasteiger partial charge is 0.465 e. The second-order valence-corrected chi connectivity index (χ2v) is 8.20. The van der Waals surface area contributed by atoms with Gasteiger partial charge < -0.3 is 19.3 Å². The van der Waals surface area contributed by atoms with E-state index in [9.17, 15) is 14.4 Å². The Bertz CT molecular complexity index is 759. The molecule has 0 N–H and O–H groups in total. The number of hydrogen-bond acceptors (Lipinski definition) is 7. The van der Waals surface area contributed by atoms with Gasteiger partial charge in [-0.25, -0.2) is 0 Å². The van der Waals surface area contributed by atoms with Crippen molar-refractivity contribution in [3.05, 3.63) is 35.9 Å². The number of nitrogens with zero attached hydrogens (tertiary/aromatic N) is 3. The molecule has 2 aliphatic rings. The first kappa shape index (κ1) is 23.2. The molecule has 170 valence electrons. The van der Waals surface area contributed by atoms with E-state index in [0.717, 1.165) is 18.7 Å². The predicted molar refractivity (Wildman–Crippen MR) is 115 cm³/mol. The van der Waals surface area contributed by atoms with Gasteiger partial charge in [0.1, 0.15) is 0 Å². The summed E-state index contributed by atoms with van der Waals surface area (Å²) in [6, 6.07) is 9.24. The minimum atomic E-state index is -1.65. The molecule has 1 aromatic rings. The third-order valence-electron chi connectivity index (χ3n) is 6.22. The van der Waals surface area contributed by atoms with E-state index < -0.39 is 23.4 Å². The van der Waals surface area contributed by atoms with Crippen LogP contribution in [0.15, 0.2) is 30.3 Å². The SMILES string of the molecule is CCOC(=O)C1(C(=O)OCC)CC(=O)N(Cc2ccccc2)CC1N1CCN(C)CC1. The fourth-order valence-corrected chi connectivity index (χ4v) is 4.47. The quantitative estimate of drug-likeness (QED) is 0.473. The van der Waals surface area contributed by atoms with Gasteiger partial charge in [-0.2, -0.15) is 0 Å². The van der Waals surface area contributed by atoms with Crippen LogP contribution in [-0.4, -0.2) is 91.6 Å².